The number of nitrogens with zero attached hydrogens (tertiary/aromatic N) is 2. The van der Waals surface area contributed by atoms with Crippen LogP contribution in [-0.2, 0) is 26.2 Å². The van der Waals surface area contributed by atoms with Crippen LogP contribution >= 0.6 is 0 Å². The minimum Gasteiger partial charge on any atom is -0.494 e. The van der Waals surface area contributed by atoms with E-state index < -0.39 is 34.3 Å². The number of carbonyl (C=O) groups excluding carboxylic acids is 2. The third kappa shape index (κ3) is 7.67. The summed E-state index contributed by atoms with van der Waals surface area (Å²) < 4.78 is 48.1. The molecule has 224 valence electrons. The number of anilines is 1. The van der Waals surface area contributed by atoms with E-state index in [2.05, 4.69) is 5.32 Å². The lowest BCUT2D eigenvalue weighted by Crippen LogP contribution is -2.53. The molecule has 0 bridgehead atoms. The monoisotopic (exact) mass is 595 g/mol. The lowest BCUT2D eigenvalue weighted by atomic mass is 10.1. The zero-order chi connectivity index (χ0) is 30.1. The molecule has 0 aliphatic heterocycles. The number of amides is 2. The molecule has 0 radical (unpaired) electrons. The molecule has 10 heteroatoms. The van der Waals surface area contributed by atoms with E-state index in [-0.39, 0.29) is 29.1 Å². The molecule has 3 aromatic carbocycles. The summed E-state index contributed by atoms with van der Waals surface area (Å²) in [5, 5.41) is 3.10. The minimum absolute atomic E-state index is 0.0521. The smallest absolute Gasteiger partial charge is 0.264 e. The molecule has 0 saturated heterocycles. The summed E-state index contributed by atoms with van der Waals surface area (Å²) in [6.45, 7) is 3.62. The van der Waals surface area contributed by atoms with Crippen molar-refractivity contribution in [3.8, 4) is 5.75 Å². The number of halogens is 1. The van der Waals surface area contributed by atoms with Crippen molar-refractivity contribution < 1.29 is 27.1 Å². The number of ether oxygens (including phenoxy) is 1. The molecule has 0 heterocycles. The molecule has 1 N–H and O–H groups in total. The summed E-state index contributed by atoms with van der Waals surface area (Å²) in [6.07, 6.45) is 4.23. The van der Waals surface area contributed by atoms with Gasteiger partial charge in [0.05, 0.1) is 17.2 Å². The van der Waals surface area contributed by atoms with Gasteiger partial charge in [-0.05, 0) is 80.3 Å². The van der Waals surface area contributed by atoms with Crippen molar-refractivity contribution in [2.75, 3.05) is 17.5 Å². The summed E-state index contributed by atoms with van der Waals surface area (Å²) in [4.78, 5) is 29.0. The van der Waals surface area contributed by atoms with Crippen LogP contribution in [0.2, 0.25) is 0 Å². The molecule has 1 atom stereocenters. The predicted octanol–water partition coefficient (Wildman–Crippen LogP) is 5.29. The Kier molecular flexibility index (Phi) is 10.6. The number of nitrogens with one attached hydrogen (secondary N) is 1. The van der Waals surface area contributed by atoms with Crippen LogP contribution in [0.4, 0.5) is 10.1 Å². The van der Waals surface area contributed by atoms with Gasteiger partial charge in [0.2, 0.25) is 11.8 Å². The van der Waals surface area contributed by atoms with Gasteiger partial charge in [0, 0.05) is 12.6 Å². The zero-order valence-electron chi connectivity index (χ0n) is 24.0. The fourth-order valence-corrected chi connectivity index (χ4v) is 6.62. The number of carbonyl (C=O) groups is 2. The second-order valence-electron chi connectivity index (χ2n) is 10.3. The lowest BCUT2D eigenvalue weighted by Gasteiger charge is -2.33. The fraction of sp³-hybridized carbons (Fsp3) is 0.375. The van der Waals surface area contributed by atoms with Gasteiger partial charge >= 0.3 is 0 Å². The predicted molar refractivity (Wildman–Crippen MR) is 160 cm³/mol. The standard InChI is InChI=1S/C32H38FN3O5S/c1-3-30(32(38)34-26-12-8-9-13-26)35(22-24-10-6-5-7-11-24)31(37)23-36(27-16-14-25(33)15-17-27)42(39,40)29-20-18-28(19-21-29)41-4-2/h5-7,10-11,14-21,26,30H,3-4,8-9,12-13,22-23H2,1-2H3,(H,34,38)/t30-/m1/s1. The van der Waals surface area contributed by atoms with Gasteiger partial charge in [0.25, 0.3) is 10.0 Å². The van der Waals surface area contributed by atoms with Gasteiger partial charge in [-0.3, -0.25) is 13.9 Å². The highest BCUT2D eigenvalue weighted by molar-refractivity contribution is 7.92. The van der Waals surface area contributed by atoms with E-state index in [1.165, 1.54) is 29.2 Å². The van der Waals surface area contributed by atoms with E-state index in [1.54, 1.807) is 12.1 Å². The third-order valence-electron chi connectivity index (χ3n) is 7.40. The Morgan fingerprint density at radius 3 is 2.19 bits per heavy atom. The molecule has 42 heavy (non-hydrogen) atoms. The van der Waals surface area contributed by atoms with Crippen molar-refractivity contribution in [2.24, 2.45) is 0 Å². The second-order valence-corrected chi connectivity index (χ2v) is 12.2. The largest absolute Gasteiger partial charge is 0.494 e. The fourth-order valence-electron chi connectivity index (χ4n) is 5.20. The molecule has 8 nitrogen and oxygen atoms in total. The molecule has 3 aromatic rings. The van der Waals surface area contributed by atoms with Gasteiger partial charge in [-0.2, -0.15) is 0 Å². The van der Waals surface area contributed by atoms with E-state index >= 15 is 0 Å². The van der Waals surface area contributed by atoms with E-state index in [1.807, 2.05) is 44.2 Å². The molecule has 0 aromatic heterocycles. The van der Waals surface area contributed by atoms with Gasteiger partial charge in [-0.15, -0.1) is 0 Å². The number of hydrogen-bond acceptors (Lipinski definition) is 5. The average molecular weight is 596 g/mol. The maximum absolute atomic E-state index is 14.1. The molecule has 1 saturated carbocycles. The summed E-state index contributed by atoms with van der Waals surface area (Å²) in [6, 6.07) is 19.4. The Morgan fingerprint density at radius 1 is 0.952 bits per heavy atom. The van der Waals surface area contributed by atoms with Crippen LogP contribution < -0.4 is 14.4 Å². The first-order valence-electron chi connectivity index (χ1n) is 14.4. The highest BCUT2D eigenvalue weighted by atomic mass is 32.2. The van der Waals surface area contributed by atoms with E-state index in [0.29, 0.717) is 18.8 Å². The lowest BCUT2D eigenvalue weighted by molar-refractivity contribution is -0.140. The van der Waals surface area contributed by atoms with Crippen molar-refractivity contribution in [3.05, 3.63) is 90.2 Å². The number of rotatable bonds is 13. The van der Waals surface area contributed by atoms with Crippen LogP contribution in [-0.4, -0.2) is 50.4 Å². The van der Waals surface area contributed by atoms with Crippen LogP contribution in [0.25, 0.3) is 0 Å². The van der Waals surface area contributed by atoms with Gasteiger partial charge < -0.3 is 15.0 Å². The van der Waals surface area contributed by atoms with Crippen LogP contribution in [0.15, 0.2) is 83.8 Å². The molecule has 4 rings (SSSR count). The number of sulfonamides is 1. The molecule has 0 spiro atoms. The van der Waals surface area contributed by atoms with Crippen molar-refractivity contribution in [1.29, 1.82) is 0 Å². The second kappa shape index (κ2) is 14.3. The van der Waals surface area contributed by atoms with Crippen molar-refractivity contribution in [1.82, 2.24) is 10.2 Å². The normalized spacial score (nSPS) is 14.3. The SMILES string of the molecule is CCOc1ccc(S(=O)(=O)N(CC(=O)N(Cc2ccccc2)[C@H](CC)C(=O)NC2CCCC2)c2ccc(F)cc2)cc1. The molecule has 1 fully saturated rings. The average Bonchev–Trinajstić information content (AvgIpc) is 3.50. The Labute approximate surface area is 247 Å². The Morgan fingerprint density at radius 2 is 1.60 bits per heavy atom. The Bertz CT molecular complexity index is 1430. The quantitative estimate of drug-likeness (QED) is 0.290. The Hall–Kier alpha value is -3.92. The summed E-state index contributed by atoms with van der Waals surface area (Å²) in [5.74, 6) is -0.833. The minimum atomic E-state index is -4.26. The first-order valence-corrected chi connectivity index (χ1v) is 15.8. The molecular weight excluding hydrogens is 557 g/mol. The first-order chi connectivity index (χ1) is 20.2. The highest BCUT2D eigenvalue weighted by Crippen LogP contribution is 2.27. The van der Waals surface area contributed by atoms with Crippen molar-refractivity contribution in [3.63, 3.8) is 0 Å². The van der Waals surface area contributed by atoms with E-state index in [0.717, 1.165) is 47.7 Å². The van der Waals surface area contributed by atoms with Crippen molar-refractivity contribution >= 4 is 27.5 Å². The molecule has 1 aliphatic carbocycles. The molecule has 2 amide bonds. The third-order valence-corrected chi connectivity index (χ3v) is 9.19. The van der Waals surface area contributed by atoms with Gasteiger partial charge in [-0.1, -0.05) is 50.1 Å². The van der Waals surface area contributed by atoms with Crippen LogP contribution in [0, 0.1) is 5.82 Å². The van der Waals surface area contributed by atoms with Crippen molar-refractivity contribution in [2.45, 2.75) is 69.5 Å². The first kappa shape index (κ1) is 31.0. The molecule has 0 unspecified atom stereocenters. The number of benzene rings is 3. The van der Waals surface area contributed by atoms with Crippen LogP contribution in [0.5, 0.6) is 5.75 Å². The topological polar surface area (TPSA) is 96.0 Å². The Balaban J connectivity index is 1.69. The van der Waals surface area contributed by atoms with Crippen LogP contribution in [0.3, 0.4) is 0 Å². The maximum atomic E-state index is 14.1. The summed E-state index contributed by atoms with van der Waals surface area (Å²) in [5.41, 5.74) is 0.933. The highest BCUT2D eigenvalue weighted by Gasteiger charge is 2.34. The van der Waals surface area contributed by atoms with Crippen LogP contribution in [0.1, 0.15) is 51.5 Å². The van der Waals surface area contributed by atoms with Gasteiger partial charge in [0.1, 0.15) is 24.2 Å². The van der Waals surface area contributed by atoms with Gasteiger partial charge in [0.15, 0.2) is 0 Å². The number of hydrogen-bond donors (Lipinski definition) is 1. The molecule has 1 aliphatic rings. The molecular formula is C32H38FN3O5S. The van der Waals surface area contributed by atoms with Gasteiger partial charge in [-0.25, -0.2) is 12.8 Å². The van der Waals surface area contributed by atoms with E-state index in [4.69, 9.17) is 4.74 Å². The summed E-state index contributed by atoms with van der Waals surface area (Å²) >= 11 is 0. The van der Waals surface area contributed by atoms with E-state index in [9.17, 15) is 22.4 Å². The maximum Gasteiger partial charge on any atom is 0.264 e. The summed E-state index contributed by atoms with van der Waals surface area (Å²) in [7, 11) is -4.26. The zero-order valence-corrected chi connectivity index (χ0v) is 24.9.